The number of hydrogen-bond acceptors (Lipinski definition) is 1. The van der Waals surface area contributed by atoms with E-state index in [-0.39, 0.29) is 6.04 Å². The lowest BCUT2D eigenvalue weighted by Crippen LogP contribution is -2.19. The molecule has 0 spiro atoms. The second kappa shape index (κ2) is 3.76. The molecule has 0 amide bonds. The zero-order chi connectivity index (χ0) is 10.1. The molecular weight excluding hydrogens is 194 g/mol. The minimum absolute atomic E-state index is 0.0903. The number of halogens is 1. The number of hydrogen-bond donors (Lipinski definition) is 1. The first-order valence-electron chi connectivity index (χ1n) is 4.93. The van der Waals surface area contributed by atoms with Crippen molar-refractivity contribution in [2.75, 3.05) is 0 Å². The molecule has 1 atom stereocenters. The van der Waals surface area contributed by atoms with Crippen LogP contribution in [-0.2, 0) is 6.42 Å². The van der Waals surface area contributed by atoms with Gasteiger partial charge in [0.25, 0.3) is 0 Å². The van der Waals surface area contributed by atoms with E-state index in [9.17, 15) is 0 Å². The van der Waals surface area contributed by atoms with Crippen molar-refractivity contribution in [1.82, 2.24) is 0 Å². The van der Waals surface area contributed by atoms with Gasteiger partial charge in [0, 0.05) is 11.1 Å². The molecule has 2 rings (SSSR count). The third-order valence-electron chi connectivity index (χ3n) is 2.65. The fourth-order valence-corrected chi connectivity index (χ4v) is 2.13. The summed E-state index contributed by atoms with van der Waals surface area (Å²) < 4.78 is 0. The second-order valence-electron chi connectivity index (χ2n) is 3.79. The van der Waals surface area contributed by atoms with Gasteiger partial charge in [-0.1, -0.05) is 23.7 Å². The lowest BCUT2D eigenvalue weighted by Gasteiger charge is -2.20. The van der Waals surface area contributed by atoms with Crippen molar-refractivity contribution in [1.29, 1.82) is 0 Å². The summed E-state index contributed by atoms with van der Waals surface area (Å²) in [7, 11) is 0. The molecule has 1 aliphatic carbocycles. The van der Waals surface area contributed by atoms with E-state index in [1.807, 2.05) is 19.1 Å². The van der Waals surface area contributed by atoms with Crippen LogP contribution in [0.5, 0.6) is 0 Å². The van der Waals surface area contributed by atoms with Crippen molar-refractivity contribution >= 4 is 17.2 Å². The summed E-state index contributed by atoms with van der Waals surface area (Å²) in [6.45, 7) is 2.02. The van der Waals surface area contributed by atoms with Gasteiger partial charge in [-0.2, -0.15) is 0 Å². The summed E-state index contributed by atoms with van der Waals surface area (Å²) in [5.74, 6) is 0. The maximum absolute atomic E-state index is 5.98. The Hall–Kier alpha value is -0.790. The number of rotatable bonds is 1. The highest BCUT2D eigenvalue weighted by Gasteiger charge is 2.15. The fourth-order valence-electron chi connectivity index (χ4n) is 1.96. The Bertz CT molecular complexity index is 380. The van der Waals surface area contributed by atoms with Gasteiger partial charge in [0.15, 0.2) is 0 Å². The molecule has 1 unspecified atom stereocenters. The van der Waals surface area contributed by atoms with Crippen LogP contribution in [0.25, 0.3) is 5.57 Å². The fraction of sp³-hybridized carbons (Fsp3) is 0.333. The first kappa shape index (κ1) is 9.75. The Labute approximate surface area is 89.6 Å². The summed E-state index contributed by atoms with van der Waals surface area (Å²) >= 11 is 5.98. The van der Waals surface area contributed by atoms with Crippen molar-refractivity contribution < 1.29 is 0 Å². The summed E-state index contributed by atoms with van der Waals surface area (Å²) in [6, 6.07) is 6.16. The molecule has 14 heavy (non-hydrogen) atoms. The van der Waals surface area contributed by atoms with Gasteiger partial charge in [-0.25, -0.2) is 0 Å². The SMILES string of the molecule is CC(N)C1=CCCc2ccc(Cl)cc21. The van der Waals surface area contributed by atoms with Gasteiger partial charge in [0.1, 0.15) is 0 Å². The summed E-state index contributed by atoms with van der Waals surface area (Å²) in [5, 5.41) is 0.789. The van der Waals surface area contributed by atoms with Gasteiger partial charge in [0.2, 0.25) is 0 Å². The molecule has 0 saturated heterocycles. The molecule has 2 N–H and O–H groups in total. The quantitative estimate of drug-likeness (QED) is 0.753. The second-order valence-corrected chi connectivity index (χ2v) is 4.22. The standard InChI is InChI=1S/C12H14ClN/c1-8(14)11-4-2-3-9-5-6-10(13)7-12(9)11/h4-8H,2-3,14H2,1H3. The molecule has 0 heterocycles. The van der Waals surface area contributed by atoms with Crippen molar-refractivity contribution in [2.45, 2.75) is 25.8 Å². The number of allylic oxidation sites excluding steroid dienone is 1. The zero-order valence-electron chi connectivity index (χ0n) is 8.26. The van der Waals surface area contributed by atoms with Crippen LogP contribution in [0.1, 0.15) is 24.5 Å². The van der Waals surface area contributed by atoms with E-state index in [2.05, 4.69) is 12.1 Å². The highest BCUT2D eigenvalue weighted by molar-refractivity contribution is 6.30. The highest BCUT2D eigenvalue weighted by atomic mass is 35.5. The molecule has 0 bridgehead atoms. The Kier molecular flexibility index (Phi) is 2.62. The monoisotopic (exact) mass is 207 g/mol. The lowest BCUT2D eigenvalue weighted by molar-refractivity contribution is 0.897. The van der Waals surface area contributed by atoms with Crippen LogP contribution >= 0.6 is 11.6 Å². The molecule has 1 nitrogen and oxygen atoms in total. The average molecular weight is 208 g/mol. The largest absolute Gasteiger partial charge is 0.324 e. The molecule has 1 aromatic rings. The molecule has 0 saturated carbocycles. The Morgan fingerprint density at radius 1 is 1.43 bits per heavy atom. The Balaban J connectivity index is 2.51. The van der Waals surface area contributed by atoms with Gasteiger partial charge in [-0.05, 0) is 48.6 Å². The zero-order valence-corrected chi connectivity index (χ0v) is 9.01. The van der Waals surface area contributed by atoms with Crippen LogP contribution in [0.3, 0.4) is 0 Å². The Morgan fingerprint density at radius 2 is 2.21 bits per heavy atom. The van der Waals surface area contributed by atoms with E-state index < -0.39 is 0 Å². The van der Waals surface area contributed by atoms with E-state index >= 15 is 0 Å². The van der Waals surface area contributed by atoms with E-state index in [1.165, 1.54) is 16.7 Å². The van der Waals surface area contributed by atoms with Gasteiger partial charge >= 0.3 is 0 Å². The third-order valence-corrected chi connectivity index (χ3v) is 2.89. The summed E-state index contributed by atoms with van der Waals surface area (Å²) in [4.78, 5) is 0. The molecule has 2 heteroatoms. The number of fused-ring (bicyclic) bond motifs is 1. The van der Waals surface area contributed by atoms with E-state index in [1.54, 1.807) is 0 Å². The van der Waals surface area contributed by atoms with Crippen LogP contribution in [0.15, 0.2) is 24.3 Å². The minimum Gasteiger partial charge on any atom is -0.324 e. The lowest BCUT2D eigenvalue weighted by atomic mass is 9.88. The molecule has 1 aromatic carbocycles. The number of nitrogens with two attached hydrogens (primary N) is 1. The first-order valence-corrected chi connectivity index (χ1v) is 5.30. The number of benzene rings is 1. The summed E-state index contributed by atoms with van der Waals surface area (Å²) in [6.07, 6.45) is 4.41. The van der Waals surface area contributed by atoms with Crippen molar-refractivity contribution in [3.8, 4) is 0 Å². The molecule has 74 valence electrons. The molecule has 0 fully saturated rings. The topological polar surface area (TPSA) is 26.0 Å². The smallest absolute Gasteiger partial charge is 0.0412 e. The van der Waals surface area contributed by atoms with E-state index in [0.717, 1.165) is 17.9 Å². The van der Waals surface area contributed by atoms with Crippen LogP contribution in [0.2, 0.25) is 5.02 Å². The van der Waals surface area contributed by atoms with Gasteiger partial charge < -0.3 is 5.73 Å². The van der Waals surface area contributed by atoms with Crippen molar-refractivity contribution in [2.24, 2.45) is 5.73 Å². The Morgan fingerprint density at radius 3 is 2.93 bits per heavy atom. The summed E-state index contributed by atoms with van der Waals surface area (Å²) in [5.41, 5.74) is 9.75. The number of aryl methyl sites for hydroxylation is 1. The van der Waals surface area contributed by atoms with E-state index in [0.29, 0.717) is 0 Å². The maximum Gasteiger partial charge on any atom is 0.0412 e. The first-order chi connectivity index (χ1) is 6.68. The van der Waals surface area contributed by atoms with Crippen LogP contribution < -0.4 is 5.73 Å². The molecular formula is C12H14ClN. The highest BCUT2D eigenvalue weighted by Crippen LogP contribution is 2.30. The molecule has 0 aromatic heterocycles. The molecule has 1 aliphatic rings. The average Bonchev–Trinajstić information content (AvgIpc) is 2.16. The normalized spacial score (nSPS) is 17.2. The van der Waals surface area contributed by atoms with Gasteiger partial charge in [-0.15, -0.1) is 0 Å². The third kappa shape index (κ3) is 1.70. The molecule has 0 aliphatic heterocycles. The maximum atomic E-state index is 5.98. The minimum atomic E-state index is 0.0903. The van der Waals surface area contributed by atoms with Crippen LogP contribution in [-0.4, -0.2) is 6.04 Å². The van der Waals surface area contributed by atoms with Gasteiger partial charge in [-0.3, -0.25) is 0 Å². The van der Waals surface area contributed by atoms with Gasteiger partial charge in [0.05, 0.1) is 0 Å². The predicted molar refractivity (Wildman–Crippen MR) is 61.4 cm³/mol. The van der Waals surface area contributed by atoms with Crippen LogP contribution in [0, 0.1) is 0 Å². The van der Waals surface area contributed by atoms with Crippen LogP contribution in [0.4, 0.5) is 0 Å². The molecule has 0 radical (unpaired) electrons. The van der Waals surface area contributed by atoms with Crippen molar-refractivity contribution in [3.63, 3.8) is 0 Å². The van der Waals surface area contributed by atoms with E-state index in [4.69, 9.17) is 17.3 Å². The van der Waals surface area contributed by atoms with Crippen molar-refractivity contribution in [3.05, 3.63) is 40.4 Å². The predicted octanol–water partition coefficient (Wildman–Crippen LogP) is 3.02.